The molecule has 1 aromatic heterocycles. The monoisotopic (exact) mass is 706 g/mol. The lowest BCUT2D eigenvalue weighted by molar-refractivity contribution is 1.18. The molecule has 0 saturated heterocycles. The summed E-state index contributed by atoms with van der Waals surface area (Å²) in [6, 6.07) is 66.8. The predicted molar refractivity (Wildman–Crippen MR) is 236 cm³/mol. The number of nitrogens with zero attached hydrogens (tertiary/aromatic N) is 2. The average molecular weight is 707 g/mol. The van der Waals surface area contributed by atoms with E-state index in [0.717, 1.165) is 28.1 Å². The molecule has 0 radical (unpaired) electrons. The molecule has 0 aliphatic heterocycles. The second-order valence-corrected chi connectivity index (χ2v) is 15.3. The fourth-order valence-corrected chi connectivity index (χ4v) is 9.84. The third-order valence-electron chi connectivity index (χ3n) is 12.3. The highest BCUT2D eigenvalue weighted by atomic mass is 14.9. The Balaban J connectivity index is 1.12. The highest BCUT2D eigenvalue weighted by Crippen LogP contribution is 2.49. The summed E-state index contributed by atoms with van der Waals surface area (Å²) >= 11 is 0. The fourth-order valence-electron chi connectivity index (χ4n) is 9.84. The van der Waals surface area contributed by atoms with Crippen LogP contribution < -0.4 is 0 Å². The summed E-state index contributed by atoms with van der Waals surface area (Å²) in [5.41, 5.74) is 10.1. The molecule has 1 aliphatic rings. The van der Waals surface area contributed by atoms with Crippen LogP contribution in [0, 0.1) is 0 Å². The molecule has 11 aromatic carbocycles. The first-order chi connectivity index (χ1) is 27.7. The summed E-state index contributed by atoms with van der Waals surface area (Å²) in [5.74, 6) is 0.716. The van der Waals surface area contributed by atoms with Crippen LogP contribution in [0.5, 0.6) is 0 Å². The van der Waals surface area contributed by atoms with E-state index in [1.807, 2.05) is 6.07 Å². The molecule has 13 rings (SSSR count). The van der Waals surface area contributed by atoms with Gasteiger partial charge in [-0.05, 0) is 122 Å². The van der Waals surface area contributed by atoms with Gasteiger partial charge >= 0.3 is 0 Å². The summed E-state index contributed by atoms with van der Waals surface area (Å²) in [6.45, 7) is 0. The summed E-state index contributed by atoms with van der Waals surface area (Å²) in [4.78, 5) is 10.6. The Kier molecular flexibility index (Phi) is 5.92. The van der Waals surface area contributed by atoms with Crippen LogP contribution in [-0.2, 0) is 0 Å². The van der Waals surface area contributed by atoms with E-state index in [4.69, 9.17) is 9.97 Å². The SMILES string of the molecule is c1ccc(-c2nc(-c3ccc4c(c3)-c3cccc5cccc-4c35)cc(-c3cc4ccc5cccc6c7cccc8ccc9cccc(c(c3)c4c56)c9c87)n2)cc1. The number of benzene rings is 10. The smallest absolute Gasteiger partial charge is 0.160 e. The Morgan fingerprint density at radius 1 is 0.250 bits per heavy atom. The van der Waals surface area contributed by atoms with Crippen LogP contribution in [-0.4, -0.2) is 9.97 Å². The van der Waals surface area contributed by atoms with Gasteiger partial charge in [0.05, 0.1) is 11.4 Å². The topological polar surface area (TPSA) is 25.8 Å². The van der Waals surface area contributed by atoms with Crippen molar-refractivity contribution in [1.82, 2.24) is 9.97 Å². The normalized spacial score (nSPS) is 12.3. The first-order valence-electron chi connectivity index (χ1n) is 19.3. The zero-order valence-corrected chi connectivity index (χ0v) is 30.2. The van der Waals surface area contributed by atoms with Crippen molar-refractivity contribution in [2.24, 2.45) is 0 Å². The molecule has 12 aromatic rings. The standard InChI is InChI=1S/C54H30N2/c1-2-9-35(10-3-1)54-55-47(36-25-26-39-40-16-4-11-31-12-5-19-43(49(31)40)45(39)28-36)30-48(56-54)38-27-37-24-23-34-14-7-18-42-41-17-6-13-32-21-22-33-15-8-20-44(52(33)50(32)41)46(29-38)53(37)51(34)42/h1-30H. The molecule has 0 saturated carbocycles. The van der Waals surface area contributed by atoms with E-state index in [1.165, 1.54) is 97.7 Å². The van der Waals surface area contributed by atoms with E-state index in [0.29, 0.717) is 5.82 Å². The van der Waals surface area contributed by atoms with Gasteiger partial charge in [0.15, 0.2) is 5.82 Å². The van der Waals surface area contributed by atoms with Gasteiger partial charge in [-0.3, -0.25) is 0 Å². The quantitative estimate of drug-likeness (QED) is 0.171. The van der Waals surface area contributed by atoms with Crippen molar-refractivity contribution in [3.05, 3.63) is 182 Å². The third kappa shape index (κ3) is 4.10. The fraction of sp³-hybridized carbons (Fsp3) is 0. The molecule has 0 atom stereocenters. The van der Waals surface area contributed by atoms with E-state index in [-0.39, 0.29) is 0 Å². The Morgan fingerprint density at radius 3 is 1.41 bits per heavy atom. The van der Waals surface area contributed by atoms with E-state index < -0.39 is 0 Å². The van der Waals surface area contributed by atoms with Crippen LogP contribution in [0.3, 0.4) is 0 Å². The Morgan fingerprint density at radius 2 is 0.768 bits per heavy atom. The Hall–Kier alpha value is -7.42. The average Bonchev–Trinajstić information content (AvgIpc) is 3.59. The Bertz CT molecular complexity index is 3630. The maximum absolute atomic E-state index is 5.35. The second-order valence-electron chi connectivity index (χ2n) is 15.3. The number of hydrogen-bond donors (Lipinski definition) is 0. The van der Waals surface area contributed by atoms with E-state index in [9.17, 15) is 0 Å². The van der Waals surface area contributed by atoms with Crippen molar-refractivity contribution in [2.45, 2.75) is 0 Å². The highest BCUT2D eigenvalue weighted by molar-refractivity contribution is 6.37. The maximum atomic E-state index is 5.35. The van der Waals surface area contributed by atoms with Crippen molar-refractivity contribution in [3.63, 3.8) is 0 Å². The minimum atomic E-state index is 0.716. The van der Waals surface area contributed by atoms with E-state index >= 15 is 0 Å². The first kappa shape index (κ1) is 30.0. The molecule has 2 heteroatoms. The van der Waals surface area contributed by atoms with Gasteiger partial charge in [0.1, 0.15) is 0 Å². The van der Waals surface area contributed by atoms with Gasteiger partial charge < -0.3 is 0 Å². The maximum Gasteiger partial charge on any atom is 0.160 e. The molecular weight excluding hydrogens is 677 g/mol. The van der Waals surface area contributed by atoms with Crippen LogP contribution in [0.4, 0.5) is 0 Å². The van der Waals surface area contributed by atoms with Gasteiger partial charge in [0.2, 0.25) is 0 Å². The van der Waals surface area contributed by atoms with Gasteiger partial charge in [0.25, 0.3) is 0 Å². The third-order valence-corrected chi connectivity index (χ3v) is 12.3. The molecule has 1 heterocycles. The largest absolute Gasteiger partial charge is 0.228 e. The molecule has 0 bridgehead atoms. The second kappa shape index (κ2) is 11.1. The Labute approximate surface area is 322 Å². The van der Waals surface area contributed by atoms with Gasteiger partial charge in [-0.15, -0.1) is 0 Å². The predicted octanol–water partition coefficient (Wildman–Crippen LogP) is 14.6. The van der Waals surface area contributed by atoms with Crippen molar-refractivity contribution in [2.75, 3.05) is 0 Å². The molecule has 0 spiro atoms. The summed E-state index contributed by atoms with van der Waals surface area (Å²) in [7, 11) is 0. The van der Waals surface area contributed by atoms with Gasteiger partial charge in [0, 0.05) is 16.7 Å². The lowest BCUT2D eigenvalue weighted by Gasteiger charge is -2.17. The van der Waals surface area contributed by atoms with Gasteiger partial charge in [-0.1, -0.05) is 158 Å². The molecular formula is C54H30N2. The summed E-state index contributed by atoms with van der Waals surface area (Å²) < 4.78 is 0. The van der Waals surface area contributed by atoms with Crippen LogP contribution in [0.1, 0.15) is 0 Å². The van der Waals surface area contributed by atoms with Crippen molar-refractivity contribution in [1.29, 1.82) is 0 Å². The van der Waals surface area contributed by atoms with Gasteiger partial charge in [-0.2, -0.15) is 0 Å². The van der Waals surface area contributed by atoms with Gasteiger partial charge in [-0.25, -0.2) is 9.97 Å². The molecule has 56 heavy (non-hydrogen) atoms. The lowest BCUT2D eigenvalue weighted by Crippen LogP contribution is -1.96. The van der Waals surface area contributed by atoms with Crippen molar-refractivity contribution < 1.29 is 0 Å². The lowest BCUT2D eigenvalue weighted by atomic mass is 9.87. The van der Waals surface area contributed by atoms with Crippen molar-refractivity contribution >= 4 is 75.4 Å². The molecule has 2 nitrogen and oxygen atoms in total. The van der Waals surface area contributed by atoms with E-state index in [2.05, 4.69) is 176 Å². The summed E-state index contributed by atoms with van der Waals surface area (Å²) in [5, 5.41) is 17.8. The first-order valence-corrected chi connectivity index (χ1v) is 19.3. The molecule has 0 unspecified atom stereocenters. The van der Waals surface area contributed by atoms with Crippen LogP contribution in [0.15, 0.2) is 182 Å². The van der Waals surface area contributed by atoms with Crippen LogP contribution in [0.2, 0.25) is 0 Å². The van der Waals surface area contributed by atoms with Crippen LogP contribution in [0.25, 0.3) is 132 Å². The highest BCUT2D eigenvalue weighted by Gasteiger charge is 2.23. The minimum Gasteiger partial charge on any atom is -0.228 e. The number of rotatable bonds is 3. The molecule has 0 amide bonds. The zero-order chi connectivity index (χ0) is 36.5. The summed E-state index contributed by atoms with van der Waals surface area (Å²) in [6.07, 6.45) is 0. The van der Waals surface area contributed by atoms with Crippen molar-refractivity contribution in [3.8, 4) is 56.2 Å². The minimum absolute atomic E-state index is 0.716. The molecule has 256 valence electrons. The number of fused-ring (bicyclic) bond motifs is 5. The molecule has 1 aliphatic carbocycles. The molecule has 0 fully saturated rings. The number of aromatic nitrogens is 2. The molecule has 0 N–H and O–H groups in total. The van der Waals surface area contributed by atoms with E-state index in [1.54, 1.807) is 0 Å². The zero-order valence-electron chi connectivity index (χ0n) is 30.2. The number of hydrogen-bond acceptors (Lipinski definition) is 2. The van der Waals surface area contributed by atoms with Crippen LogP contribution >= 0.6 is 0 Å².